The monoisotopic (exact) mass is 145 g/mol. The molecule has 2 N–H and O–H groups in total. The Kier molecular flexibility index (Phi) is 2.12. The van der Waals surface area contributed by atoms with Crippen LogP contribution in [0.15, 0.2) is 30.9 Å². The van der Waals surface area contributed by atoms with Gasteiger partial charge in [0.25, 0.3) is 0 Å². The van der Waals surface area contributed by atoms with Gasteiger partial charge in [-0.05, 0) is 22.6 Å². The molecule has 1 nitrogen and oxygen atoms in total. The van der Waals surface area contributed by atoms with Gasteiger partial charge in [0.1, 0.15) is 0 Å². The van der Waals surface area contributed by atoms with Crippen molar-refractivity contribution in [2.45, 2.75) is 0 Å². The van der Waals surface area contributed by atoms with Crippen molar-refractivity contribution >= 4 is 18.3 Å². The predicted octanol–water partition coefficient (Wildman–Crippen LogP) is 0.646. The Bertz CT molecular complexity index is 363. The Hall–Kier alpha value is -1.50. The molecule has 0 aliphatic rings. The lowest BCUT2D eigenvalue weighted by atomic mass is 10.2. The van der Waals surface area contributed by atoms with Crippen LogP contribution in [0, 0.1) is 0 Å². The van der Waals surface area contributed by atoms with Crippen LogP contribution in [0.5, 0.6) is 0 Å². The first kappa shape index (κ1) is 7.61. The number of nitrogens with two attached hydrogens (primary N) is 1. The number of allylic oxidation sites excluding steroid dienone is 1. The molecular weight excluding hydrogens is 134 g/mol. The van der Waals surface area contributed by atoms with E-state index in [1.807, 2.05) is 24.3 Å². The minimum Gasteiger partial charge on any atom is -0.399 e. The number of nitrogen functional groups attached to an aromatic ring is 1. The van der Waals surface area contributed by atoms with Crippen LogP contribution in [0.3, 0.4) is 0 Å². The molecule has 0 spiro atoms. The molecule has 0 amide bonds. The molecule has 0 saturated carbocycles. The summed E-state index contributed by atoms with van der Waals surface area (Å²) in [5, 5.41) is 2.00. The average Bonchev–Trinajstić information content (AvgIpc) is 1.95. The van der Waals surface area contributed by atoms with Crippen LogP contribution in [0.2, 0.25) is 0 Å². The van der Waals surface area contributed by atoms with E-state index >= 15 is 0 Å². The van der Waals surface area contributed by atoms with Crippen molar-refractivity contribution in [2.75, 3.05) is 5.73 Å². The second-order valence-electron chi connectivity index (χ2n) is 2.36. The molecule has 0 saturated heterocycles. The third kappa shape index (κ3) is 1.71. The van der Waals surface area contributed by atoms with E-state index in [0.29, 0.717) is 0 Å². The van der Waals surface area contributed by atoms with E-state index in [-0.39, 0.29) is 0 Å². The highest BCUT2D eigenvalue weighted by atomic mass is 14.5. The molecule has 11 heavy (non-hydrogen) atoms. The zero-order valence-corrected chi connectivity index (χ0v) is 6.38. The molecule has 0 atom stereocenters. The lowest BCUT2D eigenvalue weighted by molar-refractivity contribution is 1.53. The lowest BCUT2D eigenvalue weighted by Crippen LogP contribution is -2.22. The van der Waals surface area contributed by atoms with Gasteiger partial charge in [-0.15, -0.1) is 0 Å². The highest BCUT2D eigenvalue weighted by Gasteiger charge is 1.82. The first-order chi connectivity index (χ1) is 5.24. The second kappa shape index (κ2) is 3.06. The molecule has 0 aliphatic carbocycles. The van der Waals surface area contributed by atoms with Crippen LogP contribution in [0.1, 0.15) is 0 Å². The van der Waals surface area contributed by atoms with Crippen LogP contribution >= 0.6 is 0 Å². The first-order valence-corrected chi connectivity index (χ1v) is 3.41. The molecule has 1 heteroatoms. The Morgan fingerprint density at radius 1 is 1.36 bits per heavy atom. The van der Waals surface area contributed by atoms with Crippen molar-refractivity contribution in [3.05, 3.63) is 41.3 Å². The van der Waals surface area contributed by atoms with E-state index in [2.05, 4.69) is 13.2 Å². The van der Waals surface area contributed by atoms with Crippen LogP contribution in [-0.4, -0.2) is 0 Å². The summed E-state index contributed by atoms with van der Waals surface area (Å²) in [6.45, 7) is 7.45. The topological polar surface area (TPSA) is 26.0 Å². The zero-order chi connectivity index (χ0) is 8.27. The largest absolute Gasteiger partial charge is 0.399 e. The van der Waals surface area contributed by atoms with Gasteiger partial charge in [-0.3, -0.25) is 0 Å². The maximum Gasteiger partial charge on any atom is 0.0320 e. The van der Waals surface area contributed by atoms with Crippen molar-refractivity contribution in [3.8, 4) is 0 Å². The third-order valence-corrected chi connectivity index (χ3v) is 1.46. The molecule has 0 aromatic heterocycles. The maximum absolute atomic E-state index is 5.54. The highest BCUT2D eigenvalue weighted by Crippen LogP contribution is 1.89. The number of anilines is 1. The van der Waals surface area contributed by atoms with Crippen LogP contribution < -0.4 is 16.2 Å². The van der Waals surface area contributed by atoms with Crippen molar-refractivity contribution in [2.24, 2.45) is 0 Å². The molecule has 0 aliphatic heterocycles. The van der Waals surface area contributed by atoms with E-state index in [9.17, 15) is 0 Å². The molecule has 1 rings (SSSR count). The summed E-state index contributed by atoms with van der Waals surface area (Å²) in [5.74, 6) is 0. The summed E-state index contributed by atoms with van der Waals surface area (Å²) in [6.07, 6.45) is 3.64. The third-order valence-electron chi connectivity index (χ3n) is 1.46. The summed E-state index contributed by atoms with van der Waals surface area (Å²) in [5.41, 5.74) is 6.29. The molecule has 0 fully saturated rings. The first-order valence-electron chi connectivity index (χ1n) is 3.41. The fourth-order valence-electron chi connectivity index (χ4n) is 0.915. The number of hydrogen-bond acceptors (Lipinski definition) is 1. The van der Waals surface area contributed by atoms with E-state index in [0.717, 1.165) is 16.1 Å². The smallest absolute Gasteiger partial charge is 0.0320 e. The number of hydrogen-bond donors (Lipinski definition) is 1. The molecule has 1 aromatic carbocycles. The molecule has 56 valence electrons. The van der Waals surface area contributed by atoms with Gasteiger partial charge in [-0.1, -0.05) is 31.4 Å². The maximum atomic E-state index is 5.54. The molecular formula is C10H11N. The van der Waals surface area contributed by atoms with E-state index < -0.39 is 0 Å². The van der Waals surface area contributed by atoms with E-state index in [1.165, 1.54) is 0 Å². The van der Waals surface area contributed by atoms with Gasteiger partial charge in [0.15, 0.2) is 0 Å². The molecule has 0 radical (unpaired) electrons. The summed E-state index contributed by atoms with van der Waals surface area (Å²) < 4.78 is 0. The van der Waals surface area contributed by atoms with Gasteiger partial charge in [-0.2, -0.15) is 0 Å². The minimum atomic E-state index is 0.746. The molecule has 1 aromatic rings. The quantitative estimate of drug-likeness (QED) is 0.577. The second-order valence-corrected chi connectivity index (χ2v) is 2.36. The van der Waals surface area contributed by atoms with Crippen LogP contribution in [0.25, 0.3) is 12.7 Å². The Morgan fingerprint density at radius 3 is 2.64 bits per heavy atom. The SMILES string of the molecule is C=C/C=c1/ccc(N)cc1=C. The standard InChI is InChI=1S/C10H11N/c1-3-4-9-5-6-10(11)7-8(9)2/h3-7H,1-2,11H2/b9-4-. The van der Waals surface area contributed by atoms with Crippen molar-refractivity contribution < 1.29 is 0 Å². The van der Waals surface area contributed by atoms with E-state index in [1.54, 1.807) is 6.08 Å². The highest BCUT2D eigenvalue weighted by molar-refractivity contribution is 5.43. The lowest BCUT2D eigenvalue weighted by Gasteiger charge is -1.90. The average molecular weight is 145 g/mol. The van der Waals surface area contributed by atoms with Crippen molar-refractivity contribution in [1.29, 1.82) is 0 Å². The summed E-state index contributed by atoms with van der Waals surface area (Å²) in [7, 11) is 0. The predicted molar refractivity (Wildman–Crippen MR) is 50.3 cm³/mol. The van der Waals surface area contributed by atoms with Crippen LogP contribution in [-0.2, 0) is 0 Å². The molecule has 0 bridgehead atoms. The Labute approximate surface area is 66.2 Å². The molecule has 0 unspecified atom stereocenters. The number of rotatable bonds is 1. The van der Waals surface area contributed by atoms with Crippen molar-refractivity contribution in [1.82, 2.24) is 0 Å². The van der Waals surface area contributed by atoms with Gasteiger partial charge in [0, 0.05) is 5.69 Å². The summed E-state index contributed by atoms with van der Waals surface area (Å²) in [4.78, 5) is 0. The molecule has 0 heterocycles. The summed E-state index contributed by atoms with van der Waals surface area (Å²) in [6, 6.07) is 5.62. The van der Waals surface area contributed by atoms with Gasteiger partial charge < -0.3 is 5.73 Å². The zero-order valence-electron chi connectivity index (χ0n) is 6.38. The fourth-order valence-corrected chi connectivity index (χ4v) is 0.915. The van der Waals surface area contributed by atoms with Gasteiger partial charge >= 0.3 is 0 Å². The summed E-state index contributed by atoms with van der Waals surface area (Å²) >= 11 is 0. The van der Waals surface area contributed by atoms with Gasteiger partial charge in [0.2, 0.25) is 0 Å². The Morgan fingerprint density at radius 2 is 2.09 bits per heavy atom. The van der Waals surface area contributed by atoms with Gasteiger partial charge in [0.05, 0.1) is 0 Å². The number of benzene rings is 1. The fraction of sp³-hybridized carbons (Fsp3) is 0. The Balaban J connectivity index is 3.43. The minimum absolute atomic E-state index is 0.746. The van der Waals surface area contributed by atoms with Crippen LogP contribution in [0.4, 0.5) is 5.69 Å². The normalized spacial score (nSPS) is 11.5. The van der Waals surface area contributed by atoms with Gasteiger partial charge in [-0.25, -0.2) is 0 Å². The van der Waals surface area contributed by atoms with Crippen molar-refractivity contribution in [3.63, 3.8) is 0 Å². The van der Waals surface area contributed by atoms with E-state index in [4.69, 9.17) is 5.73 Å².